The van der Waals surface area contributed by atoms with Crippen molar-refractivity contribution >= 4 is 15.9 Å². The molecule has 0 aliphatic rings. The van der Waals surface area contributed by atoms with Crippen molar-refractivity contribution in [2.45, 2.75) is 25.8 Å². The van der Waals surface area contributed by atoms with Crippen LogP contribution in [-0.4, -0.2) is 11.7 Å². The maximum absolute atomic E-state index is 12.8. The summed E-state index contributed by atoms with van der Waals surface area (Å²) in [5.74, 6) is 0.0940. The van der Waals surface area contributed by atoms with Crippen LogP contribution in [0, 0.1) is 5.82 Å². The highest BCUT2D eigenvalue weighted by atomic mass is 79.9. The Kier molecular flexibility index (Phi) is 5.76. The lowest BCUT2D eigenvalue weighted by Gasteiger charge is -2.19. The van der Waals surface area contributed by atoms with Crippen LogP contribution in [0.25, 0.3) is 0 Å². The molecule has 0 saturated heterocycles. The fourth-order valence-electron chi connectivity index (χ4n) is 2.32. The topological polar surface area (TPSA) is 32.3 Å². The number of hydrogen-bond donors (Lipinski definition) is 2. The van der Waals surface area contributed by atoms with Gasteiger partial charge in [-0.15, -0.1) is 0 Å². The zero-order chi connectivity index (χ0) is 15.2. The minimum Gasteiger partial charge on any atom is -0.508 e. The minimum atomic E-state index is -0.211. The van der Waals surface area contributed by atoms with Gasteiger partial charge < -0.3 is 10.4 Å². The van der Waals surface area contributed by atoms with Gasteiger partial charge in [-0.1, -0.05) is 35.0 Å². The maximum Gasteiger partial charge on any atom is 0.123 e. The van der Waals surface area contributed by atoms with Crippen molar-refractivity contribution in [2.24, 2.45) is 0 Å². The molecule has 2 N–H and O–H groups in total. The van der Waals surface area contributed by atoms with Gasteiger partial charge in [-0.2, -0.15) is 0 Å². The van der Waals surface area contributed by atoms with E-state index in [0.717, 1.165) is 35.0 Å². The Morgan fingerprint density at radius 2 is 1.90 bits per heavy atom. The van der Waals surface area contributed by atoms with E-state index in [2.05, 4.69) is 28.2 Å². The standard InChI is InChI=1S/C17H19BrFNO/c1-2-16(15-11-13(18)5-8-17(15)21)20-10-9-12-3-6-14(19)7-4-12/h3-8,11,16,20-21H,2,9-10H2,1H3. The number of phenolic OH excluding ortho intramolecular Hbond substituents is 1. The Morgan fingerprint density at radius 3 is 2.57 bits per heavy atom. The van der Waals surface area contributed by atoms with Crippen LogP contribution in [-0.2, 0) is 6.42 Å². The molecule has 2 rings (SSSR count). The first-order valence-corrected chi connectivity index (χ1v) is 7.85. The monoisotopic (exact) mass is 351 g/mol. The molecule has 2 nitrogen and oxygen atoms in total. The third-order valence-electron chi connectivity index (χ3n) is 3.49. The van der Waals surface area contributed by atoms with Crippen LogP contribution in [0.5, 0.6) is 5.75 Å². The van der Waals surface area contributed by atoms with Crippen LogP contribution in [0.4, 0.5) is 4.39 Å². The third kappa shape index (κ3) is 4.55. The molecule has 2 aromatic carbocycles. The summed E-state index contributed by atoms with van der Waals surface area (Å²) in [5.41, 5.74) is 1.99. The molecule has 4 heteroatoms. The van der Waals surface area contributed by atoms with E-state index in [1.54, 1.807) is 18.2 Å². The molecule has 0 aliphatic carbocycles. The molecular formula is C17H19BrFNO. The quantitative estimate of drug-likeness (QED) is 0.798. The summed E-state index contributed by atoms with van der Waals surface area (Å²) < 4.78 is 13.8. The van der Waals surface area contributed by atoms with Gasteiger partial charge in [0.15, 0.2) is 0 Å². The Bertz CT molecular complexity index is 586. The van der Waals surface area contributed by atoms with Gasteiger partial charge >= 0.3 is 0 Å². The molecule has 0 bridgehead atoms. The van der Waals surface area contributed by atoms with Crippen LogP contribution in [0.15, 0.2) is 46.9 Å². The Morgan fingerprint density at radius 1 is 1.19 bits per heavy atom. The van der Waals surface area contributed by atoms with Crippen molar-refractivity contribution in [1.29, 1.82) is 0 Å². The summed E-state index contributed by atoms with van der Waals surface area (Å²) in [4.78, 5) is 0. The Balaban J connectivity index is 1.96. The highest BCUT2D eigenvalue weighted by Crippen LogP contribution is 2.29. The van der Waals surface area contributed by atoms with Crippen LogP contribution < -0.4 is 5.32 Å². The zero-order valence-electron chi connectivity index (χ0n) is 11.9. The van der Waals surface area contributed by atoms with E-state index >= 15 is 0 Å². The van der Waals surface area contributed by atoms with Crippen molar-refractivity contribution in [3.8, 4) is 5.75 Å². The van der Waals surface area contributed by atoms with E-state index in [1.165, 1.54) is 12.1 Å². The SMILES string of the molecule is CCC(NCCc1ccc(F)cc1)c1cc(Br)ccc1O. The van der Waals surface area contributed by atoms with Crippen molar-refractivity contribution in [1.82, 2.24) is 5.32 Å². The highest BCUT2D eigenvalue weighted by molar-refractivity contribution is 9.10. The molecule has 0 spiro atoms. The largest absolute Gasteiger partial charge is 0.508 e. The molecule has 112 valence electrons. The second-order valence-corrected chi connectivity index (χ2v) is 5.91. The third-order valence-corrected chi connectivity index (χ3v) is 3.98. The Labute approximate surface area is 133 Å². The molecule has 0 amide bonds. The van der Waals surface area contributed by atoms with E-state index in [9.17, 15) is 9.50 Å². The minimum absolute atomic E-state index is 0.1000. The molecular weight excluding hydrogens is 333 g/mol. The molecule has 0 fully saturated rings. The zero-order valence-corrected chi connectivity index (χ0v) is 13.5. The van der Waals surface area contributed by atoms with E-state index in [0.29, 0.717) is 5.75 Å². The van der Waals surface area contributed by atoms with Crippen molar-refractivity contribution in [3.05, 3.63) is 63.9 Å². The summed E-state index contributed by atoms with van der Waals surface area (Å²) in [6.07, 6.45) is 1.71. The van der Waals surface area contributed by atoms with Gasteiger partial charge in [0, 0.05) is 16.1 Å². The number of phenols is 1. The van der Waals surface area contributed by atoms with E-state index < -0.39 is 0 Å². The fourth-order valence-corrected chi connectivity index (χ4v) is 2.70. The normalized spacial score (nSPS) is 12.3. The number of halogens is 2. The first kappa shape index (κ1) is 16.0. The number of benzene rings is 2. The van der Waals surface area contributed by atoms with Crippen LogP contribution in [0.1, 0.15) is 30.5 Å². The fraction of sp³-hybridized carbons (Fsp3) is 0.294. The Hall–Kier alpha value is -1.39. The number of rotatable bonds is 6. The summed E-state index contributed by atoms with van der Waals surface area (Å²) in [6, 6.07) is 12.1. The summed E-state index contributed by atoms with van der Waals surface area (Å²) in [5, 5.41) is 13.4. The highest BCUT2D eigenvalue weighted by Gasteiger charge is 2.13. The molecule has 1 unspecified atom stereocenters. The molecule has 21 heavy (non-hydrogen) atoms. The van der Waals surface area contributed by atoms with Gasteiger partial charge in [-0.05, 0) is 55.3 Å². The molecule has 0 saturated carbocycles. The number of aromatic hydroxyl groups is 1. The summed E-state index contributed by atoms with van der Waals surface area (Å²) >= 11 is 3.43. The summed E-state index contributed by atoms with van der Waals surface area (Å²) in [7, 11) is 0. The lowest BCUT2D eigenvalue weighted by molar-refractivity contribution is 0.442. The lowest BCUT2D eigenvalue weighted by Crippen LogP contribution is -2.23. The van der Waals surface area contributed by atoms with Crippen LogP contribution in [0.2, 0.25) is 0 Å². The van der Waals surface area contributed by atoms with Crippen molar-refractivity contribution < 1.29 is 9.50 Å². The second kappa shape index (κ2) is 7.57. The van der Waals surface area contributed by atoms with E-state index in [4.69, 9.17) is 0 Å². The first-order valence-electron chi connectivity index (χ1n) is 7.06. The molecule has 0 radical (unpaired) electrons. The maximum atomic E-state index is 12.8. The van der Waals surface area contributed by atoms with Gasteiger partial charge in [0.1, 0.15) is 11.6 Å². The molecule has 1 atom stereocenters. The van der Waals surface area contributed by atoms with Crippen molar-refractivity contribution in [2.75, 3.05) is 6.54 Å². The van der Waals surface area contributed by atoms with E-state index in [1.807, 2.05) is 12.1 Å². The van der Waals surface area contributed by atoms with Gasteiger partial charge in [0.05, 0.1) is 0 Å². The lowest BCUT2D eigenvalue weighted by atomic mass is 10.0. The molecule has 0 aliphatic heterocycles. The summed E-state index contributed by atoms with van der Waals surface area (Å²) in [6.45, 7) is 2.85. The van der Waals surface area contributed by atoms with Gasteiger partial charge in [0.25, 0.3) is 0 Å². The number of nitrogens with one attached hydrogen (secondary N) is 1. The molecule has 0 aromatic heterocycles. The average Bonchev–Trinajstić information content (AvgIpc) is 2.48. The number of hydrogen-bond acceptors (Lipinski definition) is 2. The predicted molar refractivity (Wildman–Crippen MR) is 86.9 cm³/mol. The van der Waals surface area contributed by atoms with Crippen molar-refractivity contribution in [3.63, 3.8) is 0 Å². The van der Waals surface area contributed by atoms with Gasteiger partial charge in [-0.3, -0.25) is 0 Å². The average molecular weight is 352 g/mol. The van der Waals surface area contributed by atoms with Gasteiger partial charge in [0.2, 0.25) is 0 Å². The molecule has 2 aromatic rings. The van der Waals surface area contributed by atoms with Crippen LogP contribution >= 0.6 is 15.9 Å². The second-order valence-electron chi connectivity index (χ2n) is 4.99. The molecule has 0 heterocycles. The van der Waals surface area contributed by atoms with Crippen LogP contribution in [0.3, 0.4) is 0 Å². The van der Waals surface area contributed by atoms with E-state index in [-0.39, 0.29) is 11.9 Å². The smallest absolute Gasteiger partial charge is 0.123 e. The van der Waals surface area contributed by atoms with Gasteiger partial charge in [-0.25, -0.2) is 4.39 Å². The first-order chi connectivity index (χ1) is 10.1. The predicted octanol–water partition coefficient (Wildman–Crippen LogP) is 4.58.